The van der Waals surface area contributed by atoms with Crippen LogP contribution in [0.1, 0.15) is 34.0 Å². The summed E-state index contributed by atoms with van der Waals surface area (Å²) in [7, 11) is 1.70. The molecule has 0 saturated heterocycles. The number of aryl methyl sites for hydroxylation is 1. The van der Waals surface area contributed by atoms with Gasteiger partial charge in [-0.1, -0.05) is 42.5 Å². The van der Waals surface area contributed by atoms with Crippen LogP contribution in [0.25, 0.3) is 11.0 Å². The van der Waals surface area contributed by atoms with Crippen LogP contribution in [0.5, 0.6) is 11.5 Å². The van der Waals surface area contributed by atoms with Crippen LogP contribution < -0.4 is 9.47 Å². The van der Waals surface area contributed by atoms with Crippen LogP contribution in [0.3, 0.4) is 0 Å². The van der Waals surface area contributed by atoms with Gasteiger partial charge in [-0.15, -0.1) is 0 Å². The number of methoxy groups -OCH3 is 1. The molecule has 1 N–H and O–H groups in total. The molecule has 1 unspecified atom stereocenters. The summed E-state index contributed by atoms with van der Waals surface area (Å²) >= 11 is 0. The molecule has 5 rings (SSSR count). The fourth-order valence-electron chi connectivity index (χ4n) is 4.36. The van der Waals surface area contributed by atoms with E-state index in [2.05, 4.69) is 46.4 Å². The third kappa shape index (κ3) is 3.35. The molecule has 1 aromatic heterocycles. The number of hydrogen-bond acceptors (Lipinski definition) is 3. The number of fused-ring (bicyclic) bond motifs is 2. The summed E-state index contributed by atoms with van der Waals surface area (Å²) in [5, 5.41) is 0. The van der Waals surface area contributed by atoms with Crippen molar-refractivity contribution in [1.29, 1.82) is 0 Å². The van der Waals surface area contributed by atoms with E-state index < -0.39 is 0 Å². The summed E-state index contributed by atoms with van der Waals surface area (Å²) in [5.74, 6) is 3.10. The predicted octanol–water partition coefficient (Wildman–Crippen LogP) is 5.34. The van der Waals surface area contributed by atoms with Gasteiger partial charge in [-0.2, -0.15) is 0 Å². The second kappa shape index (κ2) is 7.28. The normalized spacial score (nSPS) is 15.4. The zero-order valence-electron chi connectivity index (χ0n) is 16.7. The quantitative estimate of drug-likeness (QED) is 0.505. The number of imidazole rings is 1. The topological polar surface area (TPSA) is 47.1 Å². The van der Waals surface area contributed by atoms with E-state index in [4.69, 9.17) is 9.47 Å². The standard InChI is InChI=1S/C25H24N2O2/c1-16-26-24-22(10-11-23(28-2)25(24)27-16)20-12-18-8-9-21(14-19(18)13-20)29-15-17-6-4-3-5-7-17/h3-11,14,20H,12-13,15H2,1-2H3,(H,26,27). The fraction of sp³-hybridized carbons (Fsp3) is 0.240. The summed E-state index contributed by atoms with van der Waals surface area (Å²) in [6.07, 6.45) is 2.05. The first kappa shape index (κ1) is 17.8. The monoisotopic (exact) mass is 384 g/mol. The lowest BCUT2D eigenvalue weighted by molar-refractivity contribution is 0.306. The maximum absolute atomic E-state index is 6.03. The lowest BCUT2D eigenvalue weighted by atomic mass is 9.95. The van der Waals surface area contributed by atoms with Gasteiger partial charge in [0.25, 0.3) is 0 Å². The smallest absolute Gasteiger partial charge is 0.146 e. The molecule has 0 bridgehead atoms. The SMILES string of the molecule is COc1ccc(C2Cc3ccc(OCc4ccccc4)cc3C2)c2[nH]c(C)nc12. The summed E-state index contributed by atoms with van der Waals surface area (Å²) < 4.78 is 11.5. The Kier molecular flexibility index (Phi) is 4.47. The Labute approximate surface area is 170 Å². The van der Waals surface area contributed by atoms with E-state index in [0.29, 0.717) is 12.5 Å². The van der Waals surface area contributed by atoms with Crippen LogP contribution in [0, 0.1) is 6.92 Å². The molecule has 29 heavy (non-hydrogen) atoms. The van der Waals surface area contributed by atoms with E-state index in [1.165, 1.54) is 22.3 Å². The summed E-state index contributed by atoms with van der Waals surface area (Å²) in [6.45, 7) is 2.58. The lowest BCUT2D eigenvalue weighted by Gasteiger charge is -2.12. The van der Waals surface area contributed by atoms with Crippen LogP contribution in [0.4, 0.5) is 0 Å². The molecule has 4 nitrogen and oxygen atoms in total. The van der Waals surface area contributed by atoms with Crippen LogP contribution in [0.2, 0.25) is 0 Å². The first-order valence-corrected chi connectivity index (χ1v) is 10.0. The van der Waals surface area contributed by atoms with Crippen molar-refractivity contribution in [2.75, 3.05) is 7.11 Å². The zero-order valence-corrected chi connectivity index (χ0v) is 16.7. The Hall–Kier alpha value is -3.27. The first-order chi connectivity index (χ1) is 14.2. The summed E-state index contributed by atoms with van der Waals surface area (Å²) in [6, 6.07) is 21.0. The maximum atomic E-state index is 6.03. The van der Waals surface area contributed by atoms with Crippen molar-refractivity contribution in [3.8, 4) is 11.5 Å². The van der Waals surface area contributed by atoms with Crippen molar-refractivity contribution < 1.29 is 9.47 Å². The molecule has 0 saturated carbocycles. The number of rotatable bonds is 5. The molecule has 0 spiro atoms. The number of ether oxygens (including phenoxy) is 2. The van der Waals surface area contributed by atoms with Crippen LogP contribution in [-0.4, -0.2) is 17.1 Å². The van der Waals surface area contributed by atoms with Crippen molar-refractivity contribution in [2.24, 2.45) is 0 Å². The molecule has 3 aromatic carbocycles. The van der Waals surface area contributed by atoms with Crippen molar-refractivity contribution >= 4 is 11.0 Å². The highest BCUT2D eigenvalue weighted by Gasteiger charge is 2.26. The third-order valence-corrected chi connectivity index (χ3v) is 5.78. The number of nitrogens with one attached hydrogen (secondary N) is 1. The van der Waals surface area contributed by atoms with Gasteiger partial charge >= 0.3 is 0 Å². The molecule has 0 aliphatic heterocycles. The van der Waals surface area contributed by atoms with E-state index in [0.717, 1.165) is 41.2 Å². The second-order valence-corrected chi connectivity index (χ2v) is 7.71. The van der Waals surface area contributed by atoms with Crippen molar-refractivity contribution in [3.05, 3.63) is 88.7 Å². The highest BCUT2D eigenvalue weighted by molar-refractivity contribution is 5.85. The number of nitrogens with zero attached hydrogens (tertiary/aromatic N) is 1. The molecular formula is C25H24N2O2. The minimum Gasteiger partial charge on any atom is -0.494 e. The lowest BCUT2D eigenvalue weighted by Crippen LogP contribution is -2.00. The van der Waals surface area contributed by atoms with Gasteiger partial charge in [-0.05, 0) is 66.1 Å². The number of benzene rings is 3. The third-order valence-electron chi connectivity index (χ3n) is 5.78. The van der Waals surface area contributed by atoms with Gasteiger partial charge < -0.3 is 14.5 Å². The molecule has 0 amide bonds. The second-order valence-electron chi connectivity index (χ2n) is 7.71. The van der Waals surface area contributed by atoms with Crippen molar-refractivity contribution in [1.82, 2.24) is 9.97 Å². The summed E-state index contributed by atoms with van der Waals surface area (Å²) in [4.78, 5) is 8.07. The number of hydrogen-bond donors (Lipinski definition) is 1. The average Bonchev–Trinajstić information content (AvgIpc) is 3.34. The van der Waals surface area contributed by atoms with E-state index in [1.807, 2.05) is 31.2 Å². The first-order valence-electron chi connectivity index (χ1n) is 10.0. The van der Waals surface area contributed by atoms with Crippen molar-refractivity contribution in [2.45, 2.75) is 32.3 Å². The van der Waals surface area contributed by atoms with E-state index in [-0.39, 0.29) is 0 Å². The van der Waals surface area contributed by atoms with Gasteiger partial charge in [0, 0.05) is 0 Å². The Morgan fingerprint density at radius 1 is 1.00 bits per heavy atom. The molecule has 146 valence electrons. The largest absolute Gasteiger partial charge is 0.494 e. The van der Waals surface area contributed by atoms with Gasteiger partial charge in [-0.3, -0.25) is 0 Å². The van der Waals surface area contributed by atoms with E-state index in [1.54, 1.807) is 7.11 Å². The van der Waals surface area contributed by atoms with Gasteiger partial charge in [0.05, 0.1) is 12.6 Å². The molecule has 0 fully saturated rings. The van der Waals surface area contributed by atoms with Crippen LogP contribution >= 0.6 is 0 Å². The molecule has 4 aromatic rings. The Morgan fingerprint density at radius 3 is 2.66 bits per heavy atom. The molecule has 1 aliphatic rings. The highest BCUT2D eigenvalue weighted by atomic mass is 16.5. The van der Waals surface area contributed by atoms with E-state index >= 15 is 0 Å². The zero-order chi connectivity index (χ0) is 19.8. The molecule has 1 atom stereocenters. The Balaban J connectivity index is 1.38. The fourth-order valence-corrected chi connectivity index (χ4v) is 4.36. The molecular weight excluding hydrogens is 360 g/mol. The molecule has 4 heteroatoms. The minimum absolute atomic E-state index is 0.433. The van der Waals surface area contributed by atoms with E-state index in [9.17, 15) is 0 Å². The van der Waals surface area contributed by atoms with Gasteiger partial charge in [-0.25, -0.2) is 4.98 Å². The highest BCUT2D eigenvalue weighted by Crippen LogP contribution is 2.39. The van der Waals surface area contributed by atoms with Gasteiger partial charge in [0.1, 0.15) is 29.4 Å². The summed E-state index contributed by atoms with van der Waals surface area (Å²) in [5.41, 5.74) is 7.29. The molecule has 1 heterocycles. The van der Waals surface area contributed by atoms with Crippen LogP contribution in [-0.2, 0) is 19.4 Å². The molecule has 0 radical (unpaired) electrons. The number of H-pyrrole nitrogens is 1. The van der Waals surface area contributed by atoms with Gasteiger partial charge in [0.2, 0.25) is 0 Å². The maximum Gasteiger partial charge on any atom is 0.146 e. The Morgan fingerprint density at radius 2 is 1.83 bits per heavy atom. The van der Waals surface area contributed by atoms with Gasteiger partial charge in [0.15, 0.2) is 0 Å². The minimum atomic E-state index is 0.433. The number of aromatic nitrogens is 2. The van der Waals surface area contributed by atoms with Crippen LogP contribution in [0.15, 0.2) is 60.7 Å². The molecule has 1 aliphatic carbocycles. The van der Waals surface area contributed by atoms with Crippen molar-refractivity contribution in [3.63, 3.8) is 0 Å². The average molecular weight is 384 g/mol. The number of aromatic amines is 1. The predicted molar refractivity (Wildman–Crippen MR) is 115 cm³/mol. The Bertz CT molecular complexity index is 1160.